The van der Waals surface area contributed by atoms with E-state index >= 15 is 0 Å². The Bertz CT molecular complexity index is 602. The second-order valence-corrected chi connectivity index (χ2v) is 8.10. The van der Waals surface area contributed by atoms with Gasteiger partial charge < -0.3 is 0 Å². The maximum absolute atomic E-state index is 12.4. The van der Waals surface area contributed by atoms with E-state index in [1.807, 2.05) is 6.07 Å². The lowest BCUT2D eigenvalue weighted by Gasteiger charge is -2.36. The highest BCUT2D eigenvalue weighted by Crippen LogP contribution is 2.31. The number of nitrogens with zero attached hydrogens (tertiary/aromatic N) is 2. The van der Waals surface area contributed by atoms with Crippen LogP contribution in [-0.4, -0.2) is 25.8 Å². The van der Waals surface area contributed by atoms with Gasteiger partial charge in [-0.15, -0.1) is 0 Å². The van der Waals surface area contributed by atoms with E-state index in [0.717, 1.165) is 18.4 Å². The van der Waals surface area contributed by atoms with Gasteiger partial charge in [0.1, 0.15) is 0 Å². The highest BCUT2D eigenvalue weighted by Gasteiger charge is 2.31. The molecule has 0 radical (unpaired) electrons. The van der Waals surface area contributed by atoms with Gasteiger partial charge in [-0.3, -0.25) is 0 Å². The van der Waals surface area contributed by atoms with Crippen molar-refractivity contribution >= 4 is 10.0 Å². The fraction of sp³-hybridized carbons (Fsp3) is 0.533. The summed E-state index contributed by atoms with van der Waals surface area (Å²) in [5.74, 6) is 0.0130. The first-order chi connectivity index (χ1) is 9.32. The minimum Gasteiger partial charge on any atom is -0.212 e. The average molecular weight is 292 g/mol. The zero-order chi connectivity index (χ0) is 14.8. The number of benzene rings is 1. The Hall–Kier alpha value is -1.38. The SMILES string of the molecule is CC1(C)CCN(S(=O)(=O)Cc2ccc(C#N)cc2)CC1. The van der Waals surface area contributed by atoms with E-state index in [0.29, 0.717) is 18.7 Å². The lowest BCUT2D eigenvalue weighted by atomic mass is 9.83. The molecule has 1 saturated heterocycles. The minimum atomic E-state index is -3.26. The standard InChI is InChI=1S/C15H20N2O2S/c1-15(2)7-9-17(10-8-15)20(18,19)12-14-5-3-13(11-16)4-6-14/h3-6H,7-10,12H2,1-2H3. The van der Waals surface area contributed by atoms with E-state index in [-0.39, 0.29) is 11.2 Å². The smallest absolute Gasteiger partial charge is 0.212 e. The van der Waals surface area contributed by atoms with E-state index in [4.69, 9.17) is 5.26 Å². The van der Waals surface area contributed by atoms with E-state index in [2.05, 4.69) is 13.8 Å². The zero-order valence-corrected chi connectivity index (χ0v) is 12.8. The summed E-state index contributed by atoms with van der Waals surface area (Å²) in [7, 11) is -3.26. The Kier molecular flexibility index (Phi) is 4.17. The van der Waals surface area contributed by atoms with Crippen LogP contribution in [0.25, 0.3) is 0 Å². The van der Waals surface area contributed by atoms with E-state index in [1.54, 1.807) is 28.6 Å². The van der Waals surface area contributed by atoms with Crippen LogP contribution >= 0.6 is 0 Å². The molecule has 1 fully saturated rings. The molecule has 2 rings (SSSR count). The van der Waals surface area contributed by atoms with Crippen LogP contribution in [0.4, 0.5) is 0 Å². The summed E-state index contributed by atoms with van der Waals surface area (Å²) in [6.45, 7) is 5.56. The molecule has 1 heterocycles. The summed E-state index contributed by atoms with van der Waals surface area (Å²) >= 11 is 0. The van der Waals surface area contributed by atoms with Gasteiger partial charge >= 0.3 is 0 Å². The molecular formula is C15H20N2O2S. The molecule has 20 heavy (non-hydrogen) atoms. The molecule has 108 valence electrons. The van der Waals surface area contributed by atoms with Crippen LogP contribution in [0.1, 0.15) is 37.8 Å². The van der Waals surface area contributed by atoms with Gasteiger partial charge in [0.2, 0.25) is 10.0 Å². The van der Waals surface area contributed by atoms with Crippen molar-refractivity contribution in [3.8, 4) is 6.07 Å². The molecule has 1 aromatic carbocycles. The number of hydrogen-bond acceptors (Lipinski definition) is 3. The first kappa shape index (κ1) is 15.0. The van der Waals surface area contributed by atoms with Crippen molar-refractivity contribution in [2.45, 2.75) is 32.4 Å². The summed E-state index contributed by atoms with van der Waals surface area (Å²) in [6, 6.07) is 8.77. The van der Waals surface area contributed by atoms with Crippen LogP contribution in [0.2, 0.25) is 0 Å². The molecular weight excluding hydrogens is 272 g/mol. The molecule has 0 amide bonds. The highest BCUT2D eigenvalue weighted by molar-refractivity contribution is 7.88. The normalized spacial score (nSPS) is 19.4. The predicted octanol–water partition coefficient (Wildman–Crippen LogP) is 2.51. The summed E-state index contributed by atoms with van der Waals surface area (Å²) < 4.78 is 26.4. The molecule has 1 aliphatic heterocycles. The van der Waals surface area contributed by atoms with Gasteiger partial charge in [0.15, 0.2) is 0 Å². The Morgan fingerprint density at radius 2 is 1.75 bits per heavy atom. The van der Waals surface area contributed by atoms with Crippen LogP contribution < -0.4 is 0 Å². The fourth-order valence-corrected chi connectivity index (χ4v) is 3.88. The largest absolute Gasteiger partial charge is 0.218 e. The molecule has 0 spiro atoms. The number of hydrogen-bond donors (Lipinski definition) is 0. The van der Waals surface area contributed by atoms with Crippen LogP contribution in [0.15, 0.2) is 24.3 Å². The second-order valence-electron chi connectivity index (χ2n) is 6.13. The van der Waals surface area contributed by atoms with Crippen molar-refractivity contribution in [1.29, 1.82) is 5.26 Å². The van der Waals surface area contributed by atoms with Crippen molar-refractivity contribution < 1.29 is 8.42 Å². The van der Waals surface area contributed by atoms with Crippen LogP contribution in [-0.2, 0) is 15.8 Å². The number of nitriles is 1. The Labute approximate surface area is 121 Å². The molecule has 0 atom stereocenters. The third-order valence-electron chi connectivity index (χ3n) is 3.90. The lowest BCUT2D eigenvalue weighted by Crippen LogP contribution is -2.41. The van der Waals surface area contributed by atoms with Gasteiger partial charge in [0.25, 0.3) is 0 Å². The van der Waals surface area contributed by atoms with Gasteiger partial charge in [-0.2, -0.15) is 5.26 Å². The fourth-order valence-electron chi connectivity index (χ4n) is 2.35. The van der Waals surface area contributed by atoms with Gasteiger partial charge in [0, 0.05) is 13.1 Å². The average Bonchev–Trinajstić information content (AvgIpc) is 2.38. The first-order valence-electron chi connectivity index (χ1n) is 6.79. The highest BCUT2D eigenvalue weighted by atomic mass is 32.2. The van der Waals surface area contributed by atoms with Crippen LogP contribution in [0.5, 0.6) is 0 Å². The molecule has 0 unspecified atom stereocenters. The van der Waals surface area contributed by atoms with Gasteiger partial charge in [-0.25, -0.2) is 12.7 Å². The number of rotatable bonds is 3. The van der Waals surface area contributed by atoms with Gasteiger partial charge in [-0.1, -0.05) is 26.0 Å². The zero-order valence-electron chi connectivity index (χ0n) is 12.0. The molecule has 0 saturated carbocycles. The van der Waals surface area contributed by atoms with Crippen molar-refractivity contribution in [2.75, 3.05) is 13.1 Å². The molecule has 1 aliphatic rings. The van der Waals surface area contributed by atoms with Crippen molar-refractivity contribution in [1.82, 2.24) is 4.31 Å². The van der Waals surface area contributed by atoms with Crippen molar-refractivity contribution in [2.24, 2.45) is 5.41 Å². The van der Waals surface area contributed by atoms with E-state index in [9.17, 15) is 8.42 Å². The molecule has 4 nitrogen and oxygen atoms in total. The quantitative estimate of drug-likeness (QED) is 0.860. The molecule has 0 N–H and O–H groups in total. The van der Waals surface area contributed by atoms with Gasteiger partial charge in [0.05, 0.1) is 17.4 Å². The number of piperidine rings is 1. The van der Waals surface area contributed by atoms with Crippen LogP contribution in [0.3, 0.4) is 0 Å². The third-order valence-corrected chi connectivity index (χ3v) is 5.75. The molecule has 0 bridgehead atoms. The van der Waals surface area contributed by atoms with Crippen molar-refractivity contribution in [3.63, 3.8) is 0 Å². The Morgan fingerprint density at radius 1 is 1.20 bits per heavy atom. The summed E-state index contributed by atoms with van der Waals surface area (Å²) in [5, 5.41) is 8.74. The minimum absolute atomic E-state index is 0.0130. The topological polar surface area (TPSA) is 61.2 Å². The first-order valence-corrected chi connectivity index (χ1v) is 8.40. The third kappa shape index (κ3) is 3.59. The summed E-state index contributed by atoms with van der Waals surface area (Å²) in [5.41, 5.74) is 1.51. The molecule has 5 heteroatoms. The molecule has 0 aliphatic carbocycles. The predicted molar refractivity (Wildman–Crippen MR) is 78.4 cm³/mol. The summed E-state index contributed by atoms with van der Waals surface area (Å²) in [6.07, 6.45) is 1.80. The van der Waals surface area contributed by atoms with E-state index < -0.39 is 10.0 Å². The second kappa shape index (κ2) is 5.55. The Balaban J connectivity index is 2.06. The molecule has 1 aromatic rings. The van der Waals surface area contributed by atoms with Crippen molar-refractivity contribution in [3.05, 3.63) is 35.4 Å². The van der Waals surface area contributed by atoms with Crippen LogP contribution in [0, 0.1) is 16.7 Å². The van der Waals surface area contributed by atoms with Gasteiger partial charge in [-0.05, 0) is 36.0 Å². The maximum atomic E-state index is 12.4. The monoisotopic (exact) mass is 292 g/mol. The number of sulfonamides is 1. The lowest BCUT2D eigenvalue weighted by molar-refractivity contribution is 0.195. The Morgan fingerprint density at radius 3 is 2.25 bits per heavy atom. The molecule has 0 aromatic heterocycles. The van der Waals surface area contributed by atoms with E-state index in [1.165, 1.54) is 0 Å². The summed E-state index contributed by atoms with van der Waals surface area (Å²) in [4.78, 5) is 0. The maximum Gasteiger partial charge on any atom is 0.218 e.